The van der Waals surface area contributed by atoms with Crippen molar-refractivity contribution in [3.63, 3.8) is 0 Å². The van der Waals surface area contributed by atoms with Gasteiger partial charge in [-0.1, -0.05) is 29.8 Å². The Morgan fingerprint density at radius 2 is 1.68 bits per heavy atom. The van der Waals surface area contributed by atoms with Crippen molar-refractivity contribution in [2.45, 2.75) is 43.7 Å². The number of nitrogens with one attached hydrogen (secondary N) is 1. The van der Waals surface area contributed by atoms with Gasteiger partial charge < -0.3 is 19.9 Å². The zero-order valence-corrected chi connectivity index (χ0v) is 23.8. The zero-order valence-electron chi connectivity index (χ0n) is 22.2. The van der Waals surface area contributed by atoms with Crippen molar-refractivity contribution in [2.24, 2.45) is 0 Å². The summed E-state index contributed by atoms with van der Waals surface area (Å²) in [6.45, 7) is 0.529. The monoisotopic (exact) mass is 553 g/mol. The van der Waals surface area contributed by atoms with E-state index in [0.29, 0.717) is 28.8 Å². The fourth-order valence-corrected chi connectivity index (χ4v) is 6.07. The van der Waals surface area contributed by atoms with E-state index in [9.17, 15) is 9.59 Å². The van der Waals surface area contributed by atoms with Crippen molar-refractivity contribution in [1.29, 1.82) is 0 Å². The van der Waals surface area contributed by atoms with E-state index < -0.39 is 0 Å². The molecule has 1 N–H and O–H groups in total. The predicted molar refractivity (Wildman–Crippen MR) is 154 cm³/mol. The second kappa shape index (κ2) is 13.3. The van der Waals surface area contributed by atoms with Crippen molar-refractivity contribution >= 4 is 34.8 Å². The lowest BCUT2D eigenvalue weighted by Gasteiger charge is -2.35. The molecule has 1 fully saturated rings. The van der Waals surface area contributed by atoms with Crippen LogP contribution in [0.3, 0.4) is 0 Å². The van der Waals surface area contributed by atoms with E-state index in [-0.39, 0.29) is 30.5 Å². The average Bonchev–Trinajstić information content (AvgIpc) is 3.46. The first-order valence-corrected chi connectivity index (χ1v) is 14.3. The van der Waals surface area contributed by atoms with Crippen LogP contribution in [0.5, 0.6) is 5.75 Å². The summed E-state index contributed by atoms with van der Waals surface area (Å²) >= 11 is 7.65. The summed E-state index contributed by atoms with van der Waals surface area (Å²) < 4.78 is 5.74. The van der Waals surface area contributed by atoms with Crippen LogP contribution in [0, 0.1) is 0 Å². The van der Waals surface area contributed by atoms with Crippen molar-refractivity contribution in [2.75, 3.05) is 34.3 Å². The lowest BCUT2D eigenvalue weighted by Crippen LogP contribution is -2.39. The molecule has 0 radical (unpaired) electrons. The molecule has 38 heavy (non-hydrogen) atoms. The fraction of sp³-hybridized carbons (Fsp3) is 0.400. The SMILES string of the molecule is CN(C(=O)c1ccc(Cl)cc1)C1CCC(c2ccc(OCC(=O)NC[C@H](c3cccs3)N(C)C)cc2)CC1. The highest BCUT2D eigenvalue weighted by atomic mass is 35.5. The van der Waals surface area contributed by atoms with Crippen LogP contribution < -0.4 is 10.1 Å². The highest BCUT2D eigenvalue weighted by Crippen LogP contribution is 2.35. The molecule has 1 saturated carbocycles. The van der Waals surface area contributed by atoms with Crippen molar-refractivity contribution in [3.05, 3.63) is 87.1 Å². The Morgan fingerprint density at radius 3 is 2.29 bits per heavy atom. The Bertz CT molecular complexity index is 1170. The predicted octanol–water partition coefficient (Wildman–Crippen LogP) is 6.00. The van der Waals surface area contributed by atoms with Gasteiger partial charge in [-0.05, 0) is 99.1 Å². The van der Waals surface area contributed by atoms with Crippen LogP contribution in [-0.4, -0.2) is 62.0 Å². The van der Waals surface area contributed by atoms with E-state index >= 15 is 0 Å². The van der Waals surface area contributed by atoms with Crippen LogP contribution in [-0.2, 0) is 4.79 Å². The molecule has 2 amide bonds. The van der Waals surface area contributed by atoms with Crippen molar-refractivity contribution < 1.29 is 14.3 Å². The molecule has 0 unspecified atom stereocenters. The van der Waals surface area contributed by atoms with Crippen LogP contribution in [0.25, 0.3) is 0 Å². The smallest absolute Gasteiger partial charge is 0.258 e. The number of amides is 2. The number of nitrogens with zero attached hydrogens (tertiary/aromatic N) is 2. The Kier molecular flexibility index (Phi) is 9.83. The first kappa shape index (κ1) is 28.1. The Balaban J connectivity index is 1.21. The minimum absolute atomic E-state index is 0.0109. The van der Waals surface area contributed by atoms with Crippen molar-refractivity contribution in [3.8, 4) is 5.75 Å². The molecule has 1 heterocycles. The molecule has 0 bridgehead atoms. The zero-order chi connectivity index (χ0) is 27.1. The van der Waals surface area contributed by atoms with Gasteiger partial charge in [0.15, 0.2) is 6.61 Å². The quantitative estimate of drug-likeness (QED) is 0.334. The van der Waals surface area contributed by atoms with Crippen LogP contribution in [0.2, 0.25) is 5.02 Å². The second-order valence-corrected chi connectivity index (χ2v) is 11.5. The molecule has 3 aromatic rings. The largest absolute Gasteiger partial charge is 0.484 e. The van der Waals surface area contributed by atoms with Gasteiger partial charge >= 0.3 is 0 Å². The molecule has 1 atom stereocenters. The summed E-state index contributed by atoms with van der Waals surface area (Å²) in [5.74, 6) is 1.06. The van der Waals surface area contributed by atoms with Gasteiger partial charge in [0.2, 0.25) is 0 Å². The molecule has 1 aromatic heterocycles. The number of hydrogen-bond acceptors (Lipinski definition) is 5. The van der Waals surface area contributed by atoms with Gasteiger partial charge in [0, 0.05) is 35.1 Å². The van der Waals surface area contributed by atoms with Gasteiger partial charge in [0.1, 0.15) is 5.75 Å². The van der Waals surface area contributed by atoms with E-state index in [1.165, 1.54) is 10.4 Å². The second-order valence-electron chi connectivity index (χ2n) is 10.1. The highest BCUT2D eigenvalue weighted by molar-refractivity contribution is 7.10. The summed E-state index contributed by atoms with van der Waals surface area (Å²) in [5, 5.41) is 5.67. The molecule has 0 saturated heterocycles. The number of carbonyl (C=O) groups excluding carboxylic acids is 2. The molecule has 202 valence electrons. The third kappa shape index (κ3) is 7.37. The van der Waals surface area contributed by atoms with E-state index in [4.69, 9.17) is 16.3 Å². The lowest BCUT2D eigenvalue weighted by molar-refractivity contribution is -0.123. The number of likely N-dealkylation sites (N-methyl/N-ethyl adjacent to an activating group) is 1. The minimum atomic E-state index is -0.131. The normalized spacial score (nSPS) is 18.1. The van der Waals surface area contributed by atoms with E-state index in [2.05, 4.69) is 33.8 Å². The summed E-state index contributed by atoms with van der Waals surface area (Å²) in [6, 6.07) is 19.7. The van der Waals surface area contributed by atoms with Crippen LogP contribution in [0.1, 0.15) is 58.4 Å². The Labute approximate surface area is 234 Å². The van der Waals surface area contributed by atoms with Gasteiger partial charge in [-0.15, -0.1) is 11.3 Å². The number of halogens is 1. The molecule has 0 spiro atoms. The maximum Gasteiger partial charge on any atom is 0.258 e. The maximum atomic E-state index is 12.9. The molecule has 0 aliphatic heterocycles. The molecule has 6 nitrogen and oxygen atoms in total. The summed E-state index contributed by atoms with van der Waals surface area (Å²) in [5.41, 5.74) is 1.94. The minimum Gasteiger partial charge on any atom is -0.484 e. The standard InChI is InChI=1S/C30H36ClN3O3S/c1-33(2)27(28-5-4-18-38-28)19-32-29(35)20-37-26-16-10-22(11-17-26)21-8-14-25(15-9-21)34(3)30(36)23-6-12-24(31)13-7-23/h4-7,10-13,16-18,21,25,27H,8-9,14-15,19-20H2,1-3H3,(H,32,35)/t21?,25?,27-/m1/s1. The van der Waals surface area contributed by atoms with Crippen LogP contribution in [0.15, 0.2) is 66.0 Å². The first-order chi connectivity index (χ1) is 18.3. The van der Waals surface area contributed by atoms with E-state index in [0.717, 1.165) is 25.7 Å². The molecule has 2 aromatic carbocycles. The number of ether oxygens (including phenoxy) is 1. The van der Waals surface area contributed by atoms with Crippen LogP contribution in [0.4, 0.5) is 0 Å². The number of carbonyl (C=O) groups is 2. The molecule has 4 rings (SSSR count). The molecule has 8 heteroatoms. The van der Waals surface area contributed by atoms with E-state index in [1.807, 2.05) is 44.2 Å². The molecular weight excluding hydrogens is 518 g/mol. The average molecular weight is 554 g/mol. The van der Waals surface area contributed by atoms with Gasteiger partial charge in [0.05, 0.1) is 6.04 Å². The number of benzene rings is 2. The van der Waals surface area contributed by atoms with Crippen LogP contribution >= 0.6 is 22.9 Å². The number of thiophene rings is 1. The summed E-state index contributed by atoms with van der Waals surface area (Å²) in [7, 11) is 5.92. The Morgan fingerprint density at radius 1 is 1.00 bits per heavy atom. The molecule has 1 aliphatic rings. The number of hydrogen-bond donors (Lipinski definition) is 1. The summed E-state index contributed by atoms with van der Waals surface area (Å²) in [4.78, 5) is 30.4. The fourth-order valence-electron chi connectivity index (χ4n) is 5.02. The number of rotatable bonds is 10. The van der Waals surface area contributed by atoms with Gasteiger partial charge in [-0.2, -0.15) is 0 Å². The molecule has 1 aliphatic carbocycles. The third-order valence-electron chi connectivity index (χ3n) is 7.36. The van der Waals surface area contributed by atoms with Gasteiger partial charge in [-0.3, -0.25) is 9.59 Å². The van der Waals surface area contributed by atoms with E-state index in [1.54, 1.807) is 35.6 Å². The van der Waals surface area contributed by atoms with Gasteiger partial charge in [0.25, 0.3) is 11.8 Å². The maximum absolute atomic E-state index is 12.9. The lowest BCUT2D eigenvalue weighted by atomic mass is 9.81. The molecular formula is C30H36ClN3O3S. The third-order valence-corrected chi connectivity index (χ3v) is 8.59. The highest BCUT2D eigenvalue weighted by Gasteiger charge is 2.28. The Hall–Kier alpha value is -2.87. The van der Waals surface area contributed by atoms with Gasteiger partial charge in [-0.25, -0.2) is 0 Å². The topological polar surface area (TPSA) is 61.9 Å². The summed E-state index contributed by atoms with van der Waals surface area (Å²) in [6.07, 6.45) is 4.00. The first-order valence-electron chi connectivity index (χ1n) is 13.0. The van der Waals surface area contributed by atoms with Crippen molar-refractivity contribution in [1.82, 2.24) is 15.1 Å².